The van der Waals surface area contributed by atoms with E-state index in [1.807, 2.05) is 6.92 Å². The number of hydrogen-bond donors (Lipinski definition) is 2. The Morgan fingerprint density at radius 2 is 2.08 bits per heavy atom. The third-order valence-electron chi connectivity index (χ3n) is 3.24. The minimum absolute atomic E-state index is 0.0833. The van der Waals surface area contributed by atoms with Crippen molar-refractivity contribution >= 4 is 34.1 Å². The lowest BCUT2D eigenvalue weighted by Crippen LogP contribution is -2.30. The van der Waals surface area contributed by atoms with Gasteiger partial charge in [-0.2, -0.15) is 0 Å². The largest absolute Gasteiger partial charge is 0.360 e. The maximum atomic E-state index is 12.8. The lowest BCUT2D eigenvalue weighted by atomic mass is 10.2. The summed E-state index contributed by atoms with van der Waals surface area (Å²) in [5.41, 5.74) is 0.861. The molecule has 0 aliphatic rings. The number of benzene rings is 1. The van der Waals surface area contributed by atoms with Crippen LogP contribution in [-0.2, 0) is 11.3 Å². The Hall–Kier alpha value is -1.67. The third-order valence-corrected chi connectivity index (χ3v) is 5.31. The van der Waals surface area contributed by atoms with Crippen molar-refractivity contribution in [1.29, 1.82) is 0 Å². The topological polar surface area (TPSA) is 66.9 Å². The van der Waals surface area contributed by atoms with Crippen LogP contribution >= 0.6 is 23.1 Å². The van der Waals surface area contributed by atoms with Gasteiger partial charge in [0, 0.05) is 13.1 Å². The molecular weight excluding hydrogens is 347 g/mol. The van der Waals surface area contributed by atoms with Crippen LogP contribution < -0.4 is 10.6 Å². The zero-order valence-corrected chi connectivity index (χ0v) is 15.3. The van der Waals surface area contributed by atoms with Crippen molar-refractivity contribution in [2.45, 2.75) is 42.8 Å². The maximum absolute atomic E-state index is 12.8. The Morgan fingerprint density at radius 3 is 2.79 bits per heavy atom. The third kappa shape index (κ3) is 6.09. The van der Waals surface area contributed by atoms with Crippen LogP contribution in [0, 0.1) is 5.82 Å². The van der Waals surface area contributed by atoms with Gasteiger partial charge < -0.3 is 10.6 Å². The van der Waals surface area contributed by atoms with Crippen molar-refractivity contribution in [3.63, 3.8) is 0 Å². The molecule has 2 rings (SSSR count). The Balaban J connectivity index is 1.77. The molecule has 1 aromatic carbocycles. The second kappa shape index (κ2) is 9.58. The number of amides is 1. The van der Waals surface area contributed by atoms with Crippen molar-refractivity contribution in [3.05, 3.63) is 35.6 Å². The van der Waals surface area contributed by atoms with Crippen molar-refractivity contribution in [1.82, 2.24) is 15.5 Å². The SMILES string of the molecule is CCCCNc1nnc(S[C@@H](C)C(=O)NCc2ccc(F)cc2)s1. The fourth-order valence-electron chi connectivity index (χ4n) is 1.84. The molecule has 0 aliphatic carbocycles. The summed E-state index contributed by atoms with van der Waals surface area (Å²) in [6, 6.07) is 6.08. The highest BCUT2D eigenvalue weighted by molar-refractivity contribution is 8.02. The molecule has 24 heavy (non-hydrogen) atoms. The number of carbonyl (C=O) groups excluding carboxylic acids is 1. The van der Waals surface area contributed by atoms with Crippen LogP contribution in [0.5, 0.6) is 0 Å². The van der Waals surface area contributed by atoms with Crippen molar-refractivity contribution in [2.24, 2.45) is 0 Å². The zero-order chi connectivity index (χ0) is 17.4. The highest BCUT2D eigenvalue weighted by Gasteiger charge is 2.16. The van der Waals surface area contributed by atoms with Crippen LogP contribution in [-0.4, -0.2) is 27.9 Å². The second-order valence-corrected chi connectivity index (χ2v) is 7.82. The van der Waals surface area contributed by atoms with Gasteiger partial charge in [0.25, 0.3) is 0 Å². The summed E-state index contributed by atoms with van der Waals surface area (Å²) >= 11 is 2.84. The van der Waals surface area contributed by atoms with E-state index in [9.17, 15) is 9.18 Å². The van der Waals surface area contributed by atoms with Gasteiger partial charge in [0.05, 0.1) is 5.25 Å². The van der Waals surface area contributed by atoms with Gasteiger partial charge in [-0.15, -0.1) is 10.2 Å². The first kappa shape index (κ1) is 18.7. The molecule has 0 fully saturated rings. The number of unbranched alkanes of at least 4 members (excludes halogenated alkanes) is 1. The predicted octanol–water partition coefficient (Wildman–Crippen LogP) is 3.69. The number of anilines is 1. The average Bonchev–Trinajstić information content (AvgIpc) is 3.01. The Kier molecular flexibility index (Phi) is 7.45. The maximum Gasteiger partial charge on any atom is 0.233 e. The van der Waals surface area contributed by atoms with E-state index >= 15 is 0 Å². The first-order valence-corrected chi connectivity index (χ1v) is 9.54. The minimum atomic E-state index is -0.284. The molecule has 1 aromatic heterocycles. The van der Waals surface area contributed by atoms with Crippen molar-refractivity contribution in [2.75, 3.05) is 11.9 Å². The summed E-state index contributed by atoms with van der Waals surface area (Å²) in [4.78, 5) is 12.1. The van der Waals surface area contributed by atoms with Crippen LogP contribution in [0.25, 0.3) is 0 Å². The van der Waals surface area contributed by atoms with Gasteiger partial charge in [-0.25, -0.2) is 4.39 Å². The number of nitrogens with one attached hydrogen (secondary N) is 2. The van der Waals surface area contributed by atoms with E-state index in [1.165, 1.54) is 35.2 Å². The highest BCUT2D eigenvalue weighted by atomic mass is 32.2. The lowest BCUT2D eigenvalue weighted by molar-refractivity contribution is -0.120. The molecular formula is C16H21FN4OS2. The summed E-state index contributed by atoms with van der Waals surface area (Å²) in [6.07, 6.45) is 2.21. The number of nitrogens with zero attached hydrogens (tertiary/aromatic N) is 2. The van der Waals surface area contributed by atoms with Crippen LogP contribution in [0.15, 0.2) is 28.6 Å². The van der Waals surface area contributed by atoms with Crippen LogP contribution in [0.2, 0.25) is 0 Å². The van der Waals surface area contributed by atoms with Gasteiger partial charge in [-0.1, -0.05) is 48.6 Å². The Morgan fingerprint density at radius 1 is 1.33 bits per heavy atom. The van der Waals surface area contributed by atoms with Gasteiger partial charge in [-0.3, -0.25) is 4.79 Å². The molecule has 8 heteroatoms. The van der Waals surface area contributed by atoms with E-state index < -0.39 is 0 Å². The molecule has 2 N–H and O–H groups in total. The second-order valence-electron chi connectivity index (χ2n) is 5.26. The molecule has 130 valence electrons. The molecule has 2 aromatic rings. The van der Waals surface area contributed by atoms with Crippen molar-refractivity contribution < 1.29 is 9.18 Å². The minimum Gasteiger partial charge on any atom is -0.360 e. The fraction of sp³-hybridized carbons (Fsp3) is 0.438. The van der Waals surface area contributed by atoms with E-state index in [0.29, 0.717) is 6.54 Å². The van der Waals surface area contributed by atoms with Crippen molar-refractivity contribution in [3.8, 4) is 0 Å². The molecule has 0 saturated carbocycles. The van der Waals surface area contributed by atoms with Gasteiger partial charge in [-0.05, 0) is 31.0 Å². The van der Waals surface area contributed by atoms with Crippen LogP contribution in [0.4, 0.5) is 9.52 Å². The first-order chi connectivity index (χ1) is 11.6. The van der Waals surface area contributed by atoms with E-state index in [-0.39, 0.29) is 17.0 Å². The van der Waals surface area contributed by atoms with Gasteiger partial charge >= 0.3 is 0 Å². The number of thioether (sulfide) groups is 1. The normalized spacial score (nSPS) is 12.0. The summed E-state index contributed by atoms with van der Waals surface area (Å²) < 4.78 is 13.6. The summed E-state index contributed by atoms with van der Waals surface area (Å²) in [7, 11) is 0. The summed E-state index contributed by atoms with van der Waals surface area (Å²) in [5, 5.41) is 14.7. The van der Waals surface area contributed by atoms with E-state index in [1.54, 1.807) is 12.1 Å². The molecule has 0 spiro atoms. The highest BCUT2D eigenvalue weighted by Crippen LogP contribution is 2.28. The lowest BCUT2D eigenvalue weighted by Gasteiger charge is -2.10. The number of aromatic nitrogens is 2. The predicted molar refractivity (Wildman–Crippen MR) is 96.9 cm³/mol. The number of carbonyl (C=O) groups is 1. The molecule has 5 nitrogen and oxygen atoms in total. The Labute approximate surface area is 149 Å². The monoisotopic (exact) mass is 368 g/mol. The van der Waals surface area contributed by atoms with E-state index in [4.69, 9.17) is 0 Å². The van der Waals surface area contributed by atoms with Crippen LogP contribution in [0.1, 0.15) is 32.3 Å². The standard InChI is InChI=1S/C16H21FN4OS2/c1-3-4-9-18-15-20-21-16(24-15)23-11(2)14(22)19-10-12-5-7-13(17)8-6-12/h5-8,11H,3-4,9-10H2,1-2H3,(H,18,20)(H,19,22)/t11-/m0/s1. The quantitative estimate of drug-likeness (QED) is 0.522. The first-order valence-electron chi connectivity index (χ1n) is 7.84. The smallest absolute Gasteiger partial charge is 0.233 e. The molecule has 0 saturated heterocycles. The zero-order valence-electron chi connectivity index (χ0n) is 13.7. The summed E-state index contributed by atoms with van der Waals surface area (Å²) in [5.74, 6) is -0.367. The molecule has 0 bridgehead atoms. The molecule has 0 radical (unpaired) electrons. The van der Waals surface area contributed by atoms with E-state index in [0.717, 1.165) is 34.4 Å². The number of halogens is 1. The molecule has 1 amide bonds. The molecule has 1 heterocycles. The number of rotatable bonds is 9. The van der Waals surface area contributed by atoms with Gasteiger partial charge in [0.1, 0.15) is 5.82 Å². The molecule has 0 aliphatic heterocycles. The van der Waals surface area contributed by atoms with Gasteiger partial charge in [0.15, 0.2) is 4.34 Å². The fourth-order valence-corrected chi connectivity index (χ4v) is 3.79. The van der Waals surface area contributed by atoms with Crippen LogP contribution in [0.3, 0.4) is 0 Å². The number of hydrogen-bond acceptors (Lipinski definition) is 6. The van der Waals surface area contributed by atoms with E-state index in [2.05, 4.69) is 27.8 Å². The van der Waals surface area contributed by atoms with Gasteiger partial charge in [0.2, 0.25) is 11.0 Å². The summed E-state index contributed by atoms with van der Waals surface area (Å²) in [6.45, 7) is 5.22. The Bertz CT molecular complexity index is 648. The average molecular weight is 369 g/mol. The molecule has 0 unspecified atom stereocenters. The molecule has 1 atom stereocenters.